The molecule has 1 aromatic rings. The highest BCUT2D eigenvalue weighted by Gasteiger charge is 2.27. The van der Waals surface area contributed by atoms with Crippen molar-refractivity contribution >= 4 is 17.5 Å². The summed E-state index contributed by atoms with van der Waals surface area (Å²) >= 11 is 0. The first-order valence-electron chi connectivity index (χ1n) is 6.04. The number of carbonyl (C=O) groups excluding carboxylic acids is 2. The van der Waals surface area contributed by atoms with Crippen molar-refractivity contribution in [1.29, 1.82) is 0 Å². The highest BCUT2D eigenvalue weighted by atomic mass is 16.2. The quantitative estimate of drug-likeness (QED) is 0.719. The summed E-state index contributed by atoms with van der Waals surface area (Å²) in [6.45, 7) is 3.07. The molecule has 1 heterocycles. The van der Waals surface area contributed by atoms with E-state index in [2.05, 4.69) is 16.0 Å². The standard InChI is InChI=1S/C13H17N3O2/c1-9(15-13(18)10-7-14-8-10)12(17)16-11-5-3-2-4-6-11/h2-6,9-10,14H,7-8H2,1H3,(H,15,18)(H,16,17). The van der Waals surface area contributed by atoms with Gasteiger partial charge in [0.1, 0.15) is 6.04 Å². The molecule has 0 aromatic heterocycles. The first-order valence-corrected chi connectivity index (χ1v) is 6.04. The molecule has 0 saturated carbocycles. The molecule has 3 N–H and O–H groups in total. The lowest BCUT2D eigenvalue weighted by Crippen LogP contribution is -2.54. The van der Waals surface area contributed by atoms with Gasteiger partial charge in [0.2, 0.25) is 11.8 Å². The number of hydrogen-bond acceptors (Lipinski definition) is 3. The van der Waals surface area contributed by atoms with E-state index in [0.717, 1.165) is 5.69 Å². The van der Waals surface area contributed by atoms with E-state index in [1.54, 1.807) is 6.92 Å². The molecule has 5 nitrogen and oxygen atoms in total. The van der Waals surface area contributed by atoms with Crippen LogP contribution in [0.2, 0.25) is 0 Å². The van der Waals surface area contributed by atoms with Gasteiger partial charge in [-0.15, -0.1) is 0 Å². The van der Waals surface area contributed by atoms with Crippen LogP contribution in [-0.2, 0) is 9.59 Å². The summed E-state index contributed by atoms with van der Waals surface area (Å²) in [5.74, 6) is -0.275. The zero-order valence-corrected chi connectivity index (χ0v) is 10.3. The maximum Gasteiger partial charge on any atom is 0.246 e. The summed E-state index contributed by atoms with van der Waals surface area (Å²) in [5, 5.41) is 8.49. The lowest BCUT2D eigenvalue weighted by atomic mass is 10.0. The van der Waals surface area contributed by atoms with E-state index in [1.165, 1.54) is 0 Å². The second-order valence-corrected chi connectivity index (χ2v) is 4.44. The molecule has 1 unspecified atom stereocenters. The van der Waals surface area contributed by atoms with E-state index < -0.39 is 6.04 Å². The maximum atomic E-state index is 11.8. The fraction of sp³-hybridized carbons (Fsp3) is 0.385. The Kier molecular flexibility index (Phi) is 3.94. The minimum atomic E-state index is -0.529. The Balaban J connectivity index is 1.83. The number of benzene rings is 1. The van der Waals surface area contributed by atoms with Crippen LogP contribution in [0.25, 0.3) is 0 Å². The smallest absolute Gasteiger partial charge is 0.246 e. The second kappa shape index (κ2) is 5.64. The molecule has 1 fully saturated rings. The van der Waals surface area contributed by atoms with Crippen LogP contribution in [0.3, 0.4) is 0 Å². The maximum absolute atomic E-state index is 11.8. The minimum absolute atomic E-state index is 0.00280. The minimum Gasteiger partial charge on any atom is -0.344 e. The molecule has 18 heavy (non-hydrogen) atoms. The average molecular weight is 247 g/mol. The van der Waals surface area contributed by atoms with Crippen molar-refractivity contribution in [2.75, 3.05) is 18.4 Å². The Morgan fingerprint density at radius 2 is 1.94 bits per heavy atom. The lowest BCUT2D eigenvalue weighted by Gasteiger charge is -2.27. The molecule has 1 saturated heterocycles. The second-order valence-electron chi connectivity index (χ2n) is 4.44. The average Bonchev–Trinajstić information content (AvgIpc) is 2.27. The third kappa shape index (κ3) is 3.07. The van der Waals surface area contributed by atoms with E-state index in [4.69, 9.17) is 0 Å². The van der Waals surface area contributed by atoms with Crippen LogP contribution in [0, 0.1) is 5.92 Å². The van der Waals surface area contributed by atoms with Gasteiger partial charge in [0.15, 0.2) is 0 Å². The Morgan fingerprint density at radius 1 is 1.28 bits per heavy atom. The van der Waals surface area contributed by atoms with Crippen LogP contribution in [-0.4, -0.2) is 30.9 Å². The van der Waals surface area contributed by atoms with E-state index in [1.807, 2.05) is 30.3 Å². The molecule has 1 aliphatic heterocycles. The van der Waals surface area contributed by atoms with Crippen molar-refractivity contribution in [2.24, 2.45) is 5.92 Å². The number of anilines is 1. The zero-order valence-electron chi connectivity index (χ0n) is 10.3. The summed E-state index contributed by atoms with van der Waals surface area (Å²) in [4.78, 5) is 23.5. The fourth-order valence-electron chi connectivity index (χ4n) is 1.64. The Bertz CT molecular complexity index is 429. The Morgan fingerprint density at radius 3 is 2.50 bits per heavy atom. The van der Waals surface area contributed by atoms with E-state index >= 15 is 0 Å². The summed E-state index contributed by atoms with van der Waals surface area (Å²) < 4.78 is 0. The van der Waals surface area contributed by atoms with Gasteiger partial charge in [-0.3, -0.25) is 9.59 Å². The summed E-state index contributed by atoms with van der Waals surface area (Å²) in [6, 6.07) is 8.66. The van der Waals surface area contributed by atoms with E-state index in [9.17, 15) is 9.59 Å². The summed E-state index contributed by atoms with van der Waals surface area (Å²) in [6.07, 6.45) is 0. The molecule has 1 aliphatic rings. The molecule has 5 heteroatoms. The number of carbonyl (C=O) groups is 2. The Hall–Kier alpha value is -1.88. The van der Waals surface area contributed by atoms with Gasteiger partial charge < -0.3 is 16.0 Å². The Labute approximate surface area is 106 Å². The highest BCUT2D eigenvalue weighted by molar-refractivity contribution is 5.97. The van der Waals surface area contributed by atoms with Crippen molar-refractivity contribution in [3.05, 3.63) is 30.3 Å². The third-order valence-electron chi connectivity index (χ3n) is 2.95. The van der Waals surface area contributed by atoms with Crippen molar-refractivity contribution in [2.45, 2.75) is 13.0 Å². The van der Waals surface area contributed by atoms with Crippen LogP contribution in [0.1, 0.15) is 6.92 Å². The molecule has 0 bridgehead atoms. The first-order chi connectivity index (χ1) is 8.66. The number of nitrogens with one attached hydrogen (secondary N) is 3. The third-order valence-corrected chi connectivity index (χ3v) is 2.95. The molecule has 2 rings (SSSR count). The van der Waals surface area contributed by atoms with Crippen LogP contribution in [0.15, 0.2) is 30.3 Å². The number of rotatable bonds is 4. The van der Waals surface area contributed by atoms with Gasteiger partial charge in [0.05, 0.1) is 5.92 Å². The molecule has 1 atom stereocenters. The number of hydrogen-bond donors (Lipinski definition) is 3. The normalized spacial score (nSPS) is 16.5. The monoisotopic (exact) mass is 247 g/mol. The molecule has 96 valence electrons. The van der Waals surface area contributed by atoms with Gasteiger partial charge in [0.25, 0.3) is 0 Å². The molecule has 0 spiro atoms. The SMILES string of the molecule is CC(NC(=O)C1CNC1)C(=O)Nc1ccccc1. The highest BCUT2D eigenvalue weighted by Crippen LogP contribution is 2.06. The summed E-state index contributed by atoms with van der Waals surface area (Å²) in [7, 11) is 0. The molecule has 1 aromatic carbocycles. The molecule has 0 aliphatic carbocycles. The number of amides is 2. The van der Waals surface area contributed by atoms with Gasteiger partial charge in [-0.1, -0.05) is 18.2 Å². The van der Waals surface area contributed by atoms with Crippen LogP contribution in [0.5, 0.6) is 0 Å². The fourth-order valence-corrected chi connectivity index (χ4v) is 1.64. The van der Waals surface area contributed by atoms with Crippen LogP contribution < -0.4 is 16.0 Å². The van der Waals surface area contributed by atoms with E-state index in [0.29, 0.717) is 13.1 Å². The molecule has 0 radical (unpaired) electrons. The molecule has 2 amide bonds. The van der Waals surface area contributed by atoms with Gasteiger partial charge >= 0.3 is 0 Å². The molecular formula is C13H17N3O2. The summed E-state index contributed by atoms with van der Waals surface area (Å²) in [5.41, 5.74) is 0.730. The van der Waals surface area contributed by atoms with Gasteiger partial charge in [0, 0.05) is 18.8 Å². The van der Waals surface area contributed by atoms with Gasteiger partial charge in [-0.05, 0) is 19.1 Å². The first kappa shape index (κ1) is 12.6. The van der Waals surface area contributed by atoms with Crippen molar-refractivity contribution in [3.8, 4) is 0 Å². The lowest BCUT2D eigenvalue weighted by molar-refractivity contribution is -0.130. The predicted molar refractivity (Wildman–Crippen MR) is 69.0 cm³/mol. The molecular weight excluding hydrogens is 230 g/mol. The van der Waals surface area contributed by atoms with E-state index in [-0.39, 0.29) is 17.7 Å². The van der Waals surface area contributed by atoms with Crippen LogP contribution in [0.4, 0.5) is 5.69 Å². The van der Waals surface area contributed by atoms with Crippen molar-refractivity contribution in [3.63, 3.8) is 0 Å². The van der Waals surface area contributed by atoms with Crippen LogP contribution >= 0.6 is 0 Å². The zero-order chi connectivity index (χ0) is 13.0. The van der Waals surface area contributed by atoms with Gasteiger partial charge in [-0.2, -0.15) is 0 Å². The predicted octanol–water partition coefficient (Wildman–Crippen LogP) is 0.349. The number of para-hydroxylation sites is 1. The largest absolute Gasteiger partial charge is 0.344 e. The van der Waals surface area contributed by atoms with Crippen molar-refractivity contribution < 1.29 is 9.59 Å². The van der Waals surface area contributed by atoms with Crippen molar-refractivity contribution in [1.82, 2.24) is 10.6 Å². The van der Waals surface area contributed by atoms with Gasteiger partial charge in [-0.25, -0.2) is 0 Å². The topological polar surface area (TPSA) is 70.2 Å².